The van der Waals surface area contributed by atoms with Crippen molar-refractivity contribution in [3.8, 4) is 6.07 Å². The maximum absolute atomic E-state index is 11.4. The lowest BCUT2D eigenvalue weighted by Gasteiger charge is -1.99. The summed E-state index contributed by atoms with van der Waals surface area (Å²) in [6.45, 7) is 0. The number of carbonyl (C=O) groups excluding carboxylic acids is 1. The molecule has 0 amide bonds. The number of nitrogens with one attached hydrogen (secondary N) is 1. The van der Waals surface area contributed by atoms with Crippen LogP contribution in [0.3, 0.4) is 0 Å². The molecule has 0 bridgehead atoms. The van der Waals surface area contributed by atoms with E-state index in [1.54, 1.807) is 24.3 Å². The Morgan fingerprint density at radius 2 is 2.00 bits per heavy atom. The van der Waals surface area contributed by atoms with Gasteiger partial charge in [-0.3, -0.25) is 5.10 Å². The standard InChI is InChI=1S/C18H13N3O2/c1-23-18(22)14-6-2-12(3-7-14)5-9-16-15-8-4-13(11-19)10-17(15)21-20-16/h2-10H,1H3,(H,20,21). The molecule has 1 aromatic heterocycles. The Morgan fingerprint density at radius 1 is 1.22 bits per heavy atom. The number of hydrogen-bond acceptors (Lipinski definition) is 4. The summed E-state index contributed by atoms with van der Waals surface area (Å²) in [6.07, 6.45) is 3.80. The third-order valence-electron chi connectivity index (χ3n) is 3.49. The van der Waals surface area contributed by atoms with Gasteiger partial charge in [0.2, 0.25) is 0 Å². The SMILES string of the molecule is COC(=O)c1ccc(C=Cc2n[nH]c3cc(C#N)ccc23)cc1. The molecule has 3 rings (SSSR count). The van der Waals surface area contributed by atoms with Crippen molar-refractivity contribution in [2.75, 3.05) is 7.11 Å². The molecule has 0 aliphatic heterocycles. The molecule has 2 aromatic carbocycles. The Hall–Kier alpha value is -3.39. The van der Waals surface area contributed by atoms with Gasteiger partial charge in [0.15, 0.2) is 0 Å². The van der Waals surface area contributed by atoms with Gasteiger partial charge in [0.25, 0.3) is 0 Å². The number of esters is 1. The summed E-state index contributed by atoms with van der Waals surface area (Å²) in [7, 11) is 1.36. The van der Waals surface area contributed by atoms with Crippen LogP contribution in [0.2, 0.25) is 0 Å². The average molecular weight is 303 g/mol. The number of methoxy groups -OCH3 is 1. The van der Waals surface area contributed by atoms with Crippen LogP contribution in [0.4, 0.5) is 0 Å². The number of aromatic amines is 1. The zero-order valence-electron chi connectivity index (χ0n) is 12.4. The third kappa shape index (κ3) is 2.97. The molecule has 23 heavy (non-hydrogen) atoms. The molecule has 1 heterocycles. The van der Waals surface area contributed by atoms with Crippen LogP contribution in [-0.2, 0) is 4.74 Å². The zero-order valence-corrected chi connectivity index (χ0v) is 12.4. The number of carbonyl (C=O) groups is 1. The fourth-order valence-electron chi connectivity index (χ4n) is 2.26. The fraction of sp³-hybridized carbons (Fsp3) is 0.0556. The smallest absolute Gasteiger partial charge is 0.337 e. The van der Waals surface area contributed by atoms with Crippen molar-refractivity contribution in [3.63, 3.8) is 0 Å². The van der Waals surface area contributed by atoms with Crippen molar-refractivity contribution in [3.05, 3.63) is 64.8 Å². The summed E-state index contributed by atoms with van der Waals surface area (Å²) in [5.41, 5.74) is 3.67. The van der Waals surface area contributed by atoms with E-state index in [-0.39, 0.29) is 5.97 Å². The van der Waals surface area contributed by atoms with Gasteiger partial charge in [-0.05, 0) is 42.0 Å². The second-order valence-electron chi connectivity index (χ2n) is 4.93. The first-order valence-corrected chi connectivity index (χ1v) is 6.96. The van der Waals surface area contributed by atoms with Gasteiger partial charge < -0.3 is 4.74 Å². The van der Waals surface area contributed by atoms with Gasteiger partial charge >= 0.3 is 5.97 Å². The first kappa shape index (κ1) is 14.5. The molecule has 0 radical (unpaired) electrons. The Labute approximate surface area is 132 Å². The van der Waals surface area contributed by atoms with Crippen molar-refractivity contribution < 1.29 is 9.53 Å². The highest BCUT2D eigenvalue weighted by molar-refractivity contribution is 5.91. The highest BCUT2D eigenvalue weighted by Crippen LogP contribution is 2.19. The number of benzene rings is 2. The van der Waals surface area contributed by atoms with E-state index in [0.29, 0.717) is 11.1 Å². The normalized spacial score (nSPS) is 10.8. The first-order chi connectivity index (χ1) is 11.2. The Kier molecular flexibility index (Phi) is 3.89. The molecule has 0 spiro atoms. The van der Waals surface area contributed by atoms with Gasteiger partial charge in [0.1, 0.15) is 0 Å². The Bertz CT molecular complexity index is 931. The van der Waals surface area contributed by atoms with Crippen molar-refractivity contribution >= 4 is 29.0 Å². The summed E-state index contributed by atoms with van der Waals surface area (Å²) in [5, 5.41) is 17.0. The summed E-state index contributed by atoms with van der Waals surface area (Å²) in [6, 6.07) is 14.6. The van der Waals surface area contributed by atoms with Crippen molar-refractivity contribution in [2.24, 2.45) is 0 Å². The molecular formula is C18H13N3O2. The van der Waals surface area contributed by atoms with Gasteiger partial charge in [0, 0.05) is 5.39 Å². The first-order valence-electron chi connectivity index (χ1n) is 6.96. The van der Waals surface area contributed by atoms with Crippen molar-refractivity contribution in [2.45, 2.75) is 0 Å². The third-order valence-corrected chi connectivity index (χ3v) is 3.49. The van der Waals surface area contributed by atoms with Crippen LogP contribution in [0, 0.1) is 11.3 Å². The maximum Gasteiger partial charge on any atom is 0.337 e. The van der Waals surface area contributed by atoms with E-state index in [0.717, 1.165) is 22.2 Å². The van der Waals surface area contributed by atoms with Crippen molar-refractivity contribution in [1.29, 1.82) is 5.26 Å². The lowest BCUT2D eigenvalue weighted by atomic mass is 10.1. The predicted octanol–water partition coefficient (Wildman–Crippen LogP) is 3.39. The average Bonchev–Trinajstić information content (AvgIpc) is 3.01. The molecule has 112 valence electrons. The van der Waals surface area contributed by atoms with Crippen LogP contribution in [0.15, 0.2) is 42.5 Å². The van der Waals surface area contributed by atoms with E-state index in [4.69, 9.17) is 5.26 Å². The highest BCUT2D eigenvalue weighted by Gasteiger charge is 2.05. The van der Waals surface area contributed by atoms with Crippen LogP contribution in [0.5, 0.6) is 0 Å². The van der Waals surface area contributed by atoms with E-state index in [1.807, 2.05) is 30.4 Å². The summed E-state index contributed by atoms with van der Waals surface area (Å²) < 4.78 is 4.67. The molecule has 0 fully saturated rings. The lowest BCUT2D eigenvalue weighted by molar-refractivity contribution is 0.0600. The quantitative estimate of drug-likeness (QED) is 0.752. The minimum Gasteiger partial charge on any atom is -0.465 e. The molecule has 0 saturated carbocycles. The molecule has 0 atom stereocenters. The van der Waals surface area contributed by atoms with E-state index < -0.39 is 0 Å². The number of hydrogen-bond donors (Lipinski definition) is 1. The topological polar surface area (TPSA) is 78.8 Å². The lowest BCUT2D eigenvalue weighted by Crippen LogP contribution is -2.00. The second-order valence-corrected chi connectivity index (χ2v) is 4.93. The van der Waals surface area contributed by atoms with Crippen LogP contribution >= 0.6 is 0 Å². The maximum atomic E-state index is 11.4. The molecule has 0 aliphatic rings. The van der Waals surface area contributed by atoms with E-state index >= 15 is 0 Å². The minimum absolute atomic E-state index is 0.355. The Morgan fingerprint density at radius 3 is 2.70 bits per heavy atom. The summed E-state index contributed by atoms with van der Waals surface area (Å²) in [5.74, 6) is -0.355. The van der Waals surface area contributed by atoms with Crippen LogP contribution in [0.25, 0.3) is 23.1 Å². The summed E-state index contributed by atoms with van der Waals surface area (Å²) in [4.78, 5) is 11.4. The molecule has 5 heteroatoms. The van der Waals surface area contributed by atoms with Crippen LogP contribution in [0.1, 0.15) is 27.2 Å². The van der Waals surface area contributed by atoms with Gasteiger partial charge in [0.05, 0.1) is 35.5 Å². The summed E-state index contributed by atoms with van der Waals surface area (Å²) >= 11 is 0. The van der Waals surface area contributed by atoms with Gasteiger partial charge in [-0.15, -0.1) is 0 Å². The number of fused-ring (bicyclic) bond motifs is 1. The van der Waals surface area contributed by atoms with E-state index in [9.17, 15) is 4.79 Å². The van der Waals surface area contributed by atoms with Gasteiger partial charge in [-0.1, -0.05) is 18.2 Å². The highest BCUT2D eigenvalue weighted by atomic mass is 16.5. The number of rotatable bonds is 3. The van der Waals surface area contributed by atoms with Crippen LogP contribution < -0.4 is 0 Å². The number of H-pyrrole nitrogens is 1. The molecular weight excluding hydrogens is 290 g/mol. The predicted molar refractivity (Wildman–Crippen MR) is 87.5 cm³/mol. The number of nitrogens with zero attached hydrogens (tertiary/aromatic N) is 2. The zero-order chi connectivity index (χ0) is 16.2. The molecule has 0 aliphatic carbocycles. The van der Waals surface area contributed by atoms with Gasteiger partial charge in [-0.2, -0.15) is 10.4 Å². The minimum atomic E-state index is -0.355. The molecule has 1 N–H and O–H groups in total. The Balaban J connectivity index is 1.85. The number of nitriles is 1. The molecule has 5 nitrogen and oxygen atoms in total. The van der Waals surface area contributed by atoms with E-state index in [2.05, 4.69) is 21.0 Å². The van der Waals surface area contributed by atoms with Gasteiger partial charge in [-0.25, -0.2) is 4.79 Å². The largest absolute Gasteiger partial charge is 0.465 e. The van der Waals surface area contributed by atoms with Crippen molar-refractivity contribution in [1.82, 2.24) is 10.2 Å². The monoisotopic (exact) mass is 303 g/mol. The molecule has 3 aromatic rings. The number of ether oxygens (including phenoxy) is 1. The fourth-order valence-corrected chi connectivity index (χ4v) is 2.26. The van der Waals surface area contributed by atoms with Crippen LogP contribution in [-0.4, -0.2) is 23.3 Å². The number of aromatic nitrogens is 2. The second kappa shape index (κ2) is 6.16. The molecule has 0 unspecified atom stereocenters. The molecule has 0 saturated heterocycles. The van der Waals surface area contributed by atoms with E-state index in [1.165, 1.54) is 7.11 Å².